The highest BCUT2D eigenvalue weighted by atomic mass is 19.3. The van der Waals surface area contributed by atoms with E-state index in [1.165, 1.54) is 6.20 Å². The standard InChI is InChI=1S/C21H27F2N3O2/c1-11-24-10-16(18(25-11)13-2-3-21(22,23)9-13)19(27)26-17-14-4-12-5-15(17)8-20(28,6-12)7-14/h10,12-15,17,28H,2-9H2,1H3,(H,26,27). The predicted molar refractivity (Wildman–Crippen MR) is 98.1 cm³/mol. The lowest BCUT2D eigenvalue weighted by molar-refractivity contribution is -0.136. The van der Waals surface area contributed by atoms with Gasteiger partial charge in [-0.05, 0) is 63.2 Å². The van der Waals surface area contributed by atoms with Gasteiger partial charge in [0.2, 0.25) is 5.92 Å². The molecule has 2 N–H and O–H groups in total. The molecule has 7 heteroatoms. The van der Waals surface area contributed by atoms with Crippen molar-refractivity contribution in [3.8, 4) is 0 Å². The van der Waals surface area contributed by atoms with Crippen LogP contribution in [0.3, 0.4) is 0 Å². The molecule has 1 aromatic rings. The van der Waals surface area contributed by atoms with E-state index in [0.717, 1.165) is 32.1 Å². The quantitative estimate of drug-likeness (QED) is 0.829. The van der Waals surface area contributed by atoms with Crippen LogP contribution in [0.15, 0.2) is 6.20 Å². The highest BCUT2D eigenvalue weighted by molar-refractivity contribution is 5.95. The van der Waals surface area contributed by atoms with E-state index in [4.69, 9.17) is 0 Å². The first kappa shape index (κ1) is 18.4. The molecule has 0 spiro atoms. The summed E-state index contributed by atoms with van der Waals surface area (Å²) < 4.78 is 27.5. The molecule has 0 aromatic carbocycles. The van der Waals surface area contributed by atoms with Crippen molar-refractivity contribution in [1.29, 1.82) is 0 Å². The summed E-state index contributed by atoms with van der Waals surface area (Å²) in [7, 11) is 0. The summed E-state index contributed by atoms with van der Waals surface area (Å²) in [4.78, 5) is 21.7. The number of hydrogen-bond donors (Lipinski definition) is 2. The second-order valence-corrected chi connectivity index (χ2v) is 9.71. The Labute approximate surface area is 163 Å². The van der Waals surface area contributed by atoms with Crippen molar-refractivity contribution in [2.45, 2.75) is 81.8 Å². The number of amides is 1. The van der Waals surface area contributed by atoms with Gasteiger partial charge in [-0.25, -0.2) is 18.7 Å². The number of rotatable bonds is 3. The summed E-state index contributed by atoms with van der Waals surface area (Å²) in [6, 6.07) is 0.0449. The van der Waals surface area contributed by atoms with E-state index in [2.05, 4.69) is 15.3 Å². The van der Waals surface area contributed by atoms with Crippen molar-refractivity contribution < 1.29 is 18.7 Å². The number of nitrogens with zero attached hydrogens (tertiary/aromatic N) is 2. The number of alkyl halides is 2. The lowest BCUT2D eigenvalue weighted by Crippen LogP contribution is -2.61. The highest BCUT2D eigenvalue weighted by Crippen LogP contribution is 2.55. The van der Waals surface area contributed by atoms with Crippen LogP contribution in [-0.4, -0.2) is 38.5 Å². The van der Waals surface area contributed by atoms with E-state index < -0.39 is 17.4 Å². The Kier molecular flexibility index (Phi) is 4.06. The van der Waals surface area contributed by atoms with Gasteiger partial charge in [0.15, 0.2) is 0 Å². The molecule has 1 aromatic heterocycles. The van der Waals surface area contributed by atoms with Gasteiger partial charge in [-0.15, -0.1) is 0 Å². The van der Waals surface area contributed by atoms with E-state index in [0.29, 0.717) is 41.3 Å². The molecule has 6 rings (SSSR count). The van der Waals surface area contributed by atoms with E-state index in [1.807, 2.05) is 0 Å². The zero-order valence-corrected chi connectivity index (χ0v) is 16.1. The molecule has 5 saturated carbocycles. The second kappa shape index (κ2) is 6.18. The van der Waals surface area contributed by atoms with E-state index in [9.17, 15) is 18.7 Å². The molecule has 1 heterocycles. The molecule has 0 radical (unpaired) electrons. The molecular formula is C21H27F2N3O2. The van der Waals surface area contributed by atoms with E-state index in [-0.39, 0.29) is 24.8 Å². The lowest BCUT2D eigenvalue weighted by atomic mass is 9.52. The van der Waals surface area contributed by atoms with E-state index in [1.54, 1.807) is 6.92 Å². The van der Waals surface area contributed by atoms with E-state index >= 15 is 0 Å². The summed E-state index contributed by atoms with van der Waals surface area (Å²) in [5.74, 6) is -1.69. The van der Waals surface area contributed by atoms with Crippen LogP contribution in [0.1, 0.15) is 79.2 Å². The number of carbonyl (C=O) groups is 1. The molecule has 0 saturated heterocycles. The Hall–Kier alpha value is -1.63. The third-order valence-corrected chi connectivity index (χ3v) is 7.51. The maximum atomic E-state index is 13.8. The van der Waals surface area contributed by atoms with Crippen molar-refractivity contribution in [2.24, 2.45) is 17.8 Å². The Balaban J connectivity index is 1.38. The second-order valence-electron chi connectivity index (χ2n) is 9.71. The van der Waals surface area contributed by atoms with Gasteiger partial charge in [-0.1, -0.05) is 0 Å². The van der Waals surface area contributed by atoms with Crippen LogP contribution in [0.25, 0.3) is 0 Å². The van der Waals surface area contributed by atoms with Crippen LogP contribution in [0.2, 0.25) is 0 Å². The first-order valence-corrected chi connectivity index (χ1v) is 10.5. The fourth-order valence-corrected chi connectivity index (χ4v) is 6.60. The van der Waals surface area contributed by atoms with Gasteiger partial charge in [0.1, 0.15) is 5.82 Å². The summed E-state index contributed by atoms with van der Waals surface area (Å²) in [5, 5.41) is 13.9. The minimum absolute atomic E-state index is 0.0449. The Morgan fingerprint density at radius 1 is 1.21 bits per heavy atom. The van der Waals surface area contributed by atoms with Gasteiger partial charge < -0.3 is 10.4 Å². The van der Waals surface area contributed by atoms with Crippen molar-refractivity contribution in [2.75, 3.05) is 0 Å². The molecule has 3 unspecified atom stereocenters. The SMILES string of the molecule is Cc1ncc(C(=O)NC2C3CC4CC2CC(O)(C4)C3)c(C2CCC(F)(F)C2)n1. The summed E-state index contributed by atoms with van der Waals surface area (Å²) in [6.45, 7) is 1.72. The smallest absolute Gasteiger partial charge is 0.254 e. The predicted octanol–water partition coefficient (Wildman–Crippen LogP) is 3.36. The van der Waals surface area contributed by atoms with Crippen molar-refractivity contribution in [3.05, 3.63) is 23.3 Å². The molecule has 3 atom stereocenters. The fraction of sp³-hybridized carbons (Fsp3) is 0.762. The highest BCUT2D eigenvalue weighted by Gasteiger charge is 2.55. The van der Waals surface area contributed by atoms with Crippen LogP contribution in [0.4, 0.5) is 8.78 Å². The van der Waals surface area contributed by atoms with Crippen LogP contribution in [0.5, 0.6) is 0 Å². The van der Waals surface area contributed by atoms with Crippen LogP contribution in [0, 0.1) is 24.7 Å². The number of carbonyl (C=O) groups excluding carboxylic acids is 1. The average Bonchev–Trinajstić information content (AvgIpc) is 2.96. The fourth-order valence-electron chi connectivity index (χ4n) is 6.60. The molecular weight excluding hydrogens is 364 g/mol. The summed E-state index contributed by atoms with van der Waals surface area (Å²) in [5.41, 5.74) is 0.246. The van der Waals surface area contributed by atoms with Gasteiger partial charge in [0, 0.05) is 31.0 Å². The lowest BCUT2D eigenvalue weighted by Gasteiger charge is -2.58. The van der Waals surface area contributed by atoms with Gasteiger partial charge in [-0.3, -0.25) is 4.79 Å². The average molecular weight is 391 g/mol. The van der Waals surface area contributed by atoms with Gasteiger partial charge >= 0.3 is 0 Å². The maximum Gasteiger partial charge on any atom is 0.254 e. The zero-order chi connectivity index (χ0) is 19.7. The molecule has 5 aliphatic rings. The minimum Gasteiger partial charge on any atom is -0.390 e. The van der Waals surface area contributed by atoms with Gasteiger partial charge in [-0.2, -0.15) is 0 Å². The Bertz CT molecular complexity index is 799. The molecule has 0 aliphatic heterocycles. The van der Waals surface area contributed by atoms with Crippen molar-refractivity contribution in [1.82, 2.24) is 15.3 Å². The maximum absolute atomic E-state index is 13.8. The number of halogens is 2. The first-order valence-electron chi connectivity index (χ1n) is 10.5. The van der Waals surface area contributed by atoms with Gasteiger partial charge in [0.05, 0.1) is 16.9 Å². The topological polar surface area (TPSA) is 75.1 Å². The van der Waals surface area contributed by atoms with Crippen LogP contribution >= 0.6 is 0 Å². The van der Waals surface area contributed by atoms with Crippen molar-refractivity contribution in [3.63, 3.8) is 0 Å². The Morgan fingerprint density at radius 2 is 1.93 bits per heavy atom. The zero-order valence-electron chi connectivity index (χ0n) is 16.1. The summed E-state index contributed by atoms with van der Waals surface area (Å²) >= 11 is 0. The van der Waals surface area contributed by atoms with Crippen LogP contribution in [-0.2, 0) is 0 Å². The largest absolute Gasteiger partial charge is 0.390 e. The normalized spacial score (nSPS) is 40.6. The summed E-state index contributed by atoms with van der Waals surface area (Å²) in [6.07, 6.45) is 5.91. The number of aliphatic hydroxyl groups is 1. The molecule has 5 aliphatic carbocycles. The Morgan fingerprint density at radius 3 is 2.54 bits per heavy atom. The van der Waals surface area contributed by atoms with Gasteiger partial charge in [0.25, 0.3) is 5.91 Å². The van der Waals surface area contributed by atoms with Crippen LogP contribution < -0.4 is 5.32 Å². The molecule has 152 valence electrons. The molecule has 1 amide bonds. The number of hydrogen-bond acceptors (Lipinski definition) is 4. The molecule has 5 fully saturated rings. The first-order chi connectivity index (χ1) is 13.2. The monoisotopic (exact) mass is 391 g/mol. The third kappa shape index (κ3) is 3.11. The number of aryl methyl sites for hydroxylation is 1. The third-order valence-electron chi connectivity index (χ3n) is 7.51. The molecule has 5 nitrogen and oxygen atoms in total. The molecule has 4 bridgehead atoms. The number of aromatic nitrogens is 2. The minimum atomic E-state index is -2.69. The van der Waals surface area contributed by atoms with Crippen molar-refractivity contribution >= 4 is 5.91 Å². The molecule has 28 heavy (non-hydrogen) atoms. The number of nitrogens with one attached hydrogen (secondary N) is 1.